The second-order valence-corrected chi connectivity index (χ2v) is 8.77. The van der Waals surface area contributed by atoms with Gasteiger partial charge in [-0.15, -0.1) is 10.2 Å². The Morgan fingerprint density at radius 1 is 1.38 bits per heavy atom. The molecule has 1 fully saturated rings. The molecule has 0 unspecified atom stereocenters. The summed E-state index contributed by atoms with van der Waals surface area (Å²) in [6.07, 6.45) is 3.43. The highest BCUT2D eigenvalue weighted by Gasteiger charge is 2.29. The van der Waals surface area contributed by atoms with Crippen molar-refractivity contribution in [2.75, 3.05) is 17.3 Å². The Morgan fingerprint density at radius 3 is 2.79 bits per heavy atom. The van der Waals surface area contributed by atoms with E-state index in [9.17, 15) is 13.2 Å². The fraction of sp³-hybridized carbons (Fsp3) is 0.400. The lowest BCUT2D eigenvalue weighted by atomic mass is 10.3. The maximum atomic E-state index is 12.1. The molecule has 1 heterocycles. The van der Waals surface area contributed by atoms with Crippen molar-refractivity contribution >= 4 is 33.2 Å². The summed E-state index contributed by atoms with van der Waals surface area (Å²) in [6.45, 7) is 0. The first kappa shape index (κ1) is 17.0. The van der Waals surface area contributed by atoms with Gasteiger partial charge in [0, 0.05) is 24.9 Å². The van der Waals surface area contributed by atoms with Gasteiger partial charge >= 0.3 is 0 Å². The van der Waals surface area contributed by atoms with Gasteiger partial charge in [0.25, 0.3) is 0 Å². The molecule has 9 heteroatoms. The number of aromatic nitrogens is 3. The molecular formula is C15H18N4O3S2. The van der Waals surface area contributed by atoms with Gasteiger partial charge in [-0.25, -0.2) is 8.42 Å². The van der Waals surface area contributed by atoms with Crippen LogP contribution in [0, 0.1) is 0 Å². The van der Waals surface area contributed by atoms with Crippen LogP contribution in [0.2, 0.25) is 0 Å². The smallest absolute Gasteiger partial charge is 0.234 e. The Balaban J connectivity index is 1.60. The van der Waals surface area contributed by atoms with Crippen LogP contribution in [0.1, 0.15) is 24.6 Å². The topological polar surface area (TPSA) is 94.0 Å². The molecule has 1 saturated carbocycles. The molecule has 0 aliphatic heterocycles. The van der Waals surface area contributed by atoms with E-state index in [-0.39, 0.29) is 16.6 Å². The third kappa shape index (κ3) is 3.96. The van der Waals surface area contributed by atoms with Crippen molar-refractivity contribution in [2.24, 2.45) is 7.05 Å². The van der Waals surface area contributed by atoms with Gasteiger partial charge in [-0.2, -0.15) is 0 Å². The van der Waals surface area contributed by atoms with Crippen LogP contribution in [0.25, 0.3) is 0 Å². The van der Waals surface area contributed by atoms with E-state index in [2.05, 4.69) is 15.5 Å². The Morgan fingerprint density at radius 2 is 2.12 bits per heavy atom. The third-order valence-electron chi connectivity index (χ3n) is 3.69. The van der Waals surface area contributed by atoms with E-state index in [1.165, 1.54) is 23.9 Å². The minimum atomic E-state index is -3.30. The van der Waals surface area contributed by atoms with Crippen molar-refractivity contribution < 1.29 is 13.2 Å². The zero-order valence-electron chi connectivity index (χ0n) is 13.4. The lowest BCUT2D eigenvalue weighted by molar-refractivity contribution is -0.113. The normalized spacial score (nSPS) is 14.6. The quantitative estimate of drug-likeness (QED) is 0.784. The average molecular weight is 366 g/mol. The molecule has 0 spiro atoms. The average Bonchev–Trinajstić information content (AvgIpc) is 3.29. The number of rotatable bonds is 6. The van der Waals surface area contributed by atoms with Crippen LogP contribution < -0.4 is 5.32 Å². The standard InChI is InChI=1S/C15H18N4O3S2/c1-19-14(10-6-7-10)17-18-15(19)23-9-13(20)16-11-4-3-5-12(8-11)24(2,21)22/h3-5,8,10H,6-7,9H2,1-2H3,(H,16,20). The van der Waals surface area contributed by atoms with Crippen molar-refractivity contribution in [1.82, 2.24) is 14.8 Å². The van der Waals surface area contributed by atoms with Crippen LogP contribution in [0.4, 0.5) is 5.69 Å². The van der Waals surface area contributed by atoms with E-state index in [1.54, 1.807) is 12.1 Å². The summed E-state index contributed by atoms with van der Waals surface area (Å²) in [4.78, 5) is 12.2. The molecule has 1 amide bonds. The van der Waals surface area contributed by atoms with Gasteiger partial charge in [-0.1, -0.05) is 17.8 Å². The molecule has 128 valence electrons. The van der Waals surface area contributed by atoms with Crippen molar-refractivity contribution in [1.29, 1.82) is 0 Å². The number of hydrogen-bond donors (Lipinski definition) is 1. The molecule has 1 aromatic carbocycles. The SMILES string of the molecule is Cn1c(SCC(=O)Nc2cccc(S(C)(=O)=O)c2)nnc1C1CC1. The molecule has 7 nitrogen and oxygen atoms in total. The Kier molecular flexibility index (Phi) is 4.64. The van der Waals surface area contributed by atoms with Gasteiger partial charge in [-0.05, 0) is 31.0 Å². The minimum Gasteiger partial charge on any atom is -0.325 e. The van der Waals surface area contributed by atoms with Gasteiger partial charge in [0.1, 0.15) is 5.82 Å². The van der Waals surface area contributed by atoms with Gasteiger partial charge in [0.15, 0.2) is 15.0 Å². The number of amides is 1. The zero-order chi connectivity index (χ0) is 17.3. The van der Waals surface area contributed by atoms with Gasteiger partial charge in [0.2, 0.25) is 5.91 Å². The molecule has 1 aliphatic carbocycles. The number of carbonyl (C=O) groups is 1. The fourth-order valence-electron chi connectivity index (χ4n) is 2.28. The third-order valence-corrected chi connectivity index (χ3v) is 5.82. The molecule has 1 aromatic heterocycles. The molecule has 0 bridgehead atoms. The lowest BCUT2D eigenvalue weighted by Gasteiger charge is -2.07. The summed E-state index contributed by atoms with van der Waals surface area (Å²) in [5.41, 5.74) is 0.458. The van der Waals surface area contributed by atoms with Crippen LogP contribution in [-0.2, 0) is 21.7 Å². The minimum absolute atomic E-state index is 0.176. The molecule has 0 atom stereocenters. The number of nitrogens with one attached hydrogen (secondary N) is 1. The molecular weight excluding hydrogens is 348 g/mol. The molecule has 1 N–H and O–H groups in total. The first-order chi connectivity index (χ1) is 11.3. The van der Waals surface area contributed by atoms with E-state index >= 15 is 0 Å². The first-order valence-electron chi connectivity index (χ1n) is 7.46. The predicted molar refractivity (Wildman–Crippen MR) is 91.9 cm³/mol. The van der Waals surface area contributed by atoms with Gasteiger partial charge in [0.05, 0.1) is 10.6 Å². The summed E-state index contributed by atoms with van der Waals surface area (Å²) >= 11 is 1.31. The number of sulfone groups is 1. The molecule has 0 radical (unpaired) electrons. The largest absolute Gasteiger partial charge is 0.325 e. The van der Waals surface area contributed by atoms with E-state index in [0.29, 0.717) is 16.8 Å². The highest BCUT2D eigenvalue weighted by molar-refractivity contribution is 7.99. The second kappa shape index (κ2) is 6.56. The van der Waals surface area contributed by atoms with E-state index < -0.39 is 9.84 Å². The summed E-state index contributed by atoms with van der Waals surface area (Å²) < 4.78 is 25.0. The summed E-state index contributed by atoms with van der Waals surface area (Å²) in [6, 6.07) is 6.21. The monoisotopic (exact) mass is 366 g/mol. The second-order valence-electron chi connectivity index (χ2n) is 5.81. The molecule has 3 rings (SSSR count). The van der Waals surface area contributed by atoms with E-state index in [1.807, 2.05) is 11.6 Å². The van der Waals surface area contributed by atoms with Crippen LogP contribution in [0.5, 0.6) is 0 Å². The molecule has 0 saturated heterocycles. The Labute approximate surface area is 144 Å². The number of hydrogen-bond acceptors (Lipinski definition) is 6. The fourth-order valence-corrected chi connectivity index (χ4v) is 3.67. The first-order valence-corrected chi connectivity index (χ1v) is 10.3. The van der Waals surface area contributed by atoms with Crippen molar-refractivity contribution in [3.63, 3.8) is 0 Å². The molecule has 24 heavy (non-hydrogen) atoms. The van der Waals surface area contributed by atoms with Gasteiger partial charge < -0.3 is 9.88 Å². The summed E-state index contributed by atoms with van der Waals surface area (Å²) in [5.74, 6) is 1.43. The van der Waals surface area contributed by atoms with Crippen molar-refractivity contribution in [3.05, 3.63) is 30.1 Å². The summed E-state index contributed by atoms with van der Waals surface area (Å²) in [7, 11) is -1.39. The maximum absolute atomic E-state index is 12.1. The van der Waals surface area contributed by atoms with Crippen LogP contribution in [0.3, 0.4) is 0 Å². The maximum Gasteiger partial charge on any atom is 0.234 e. The van der Waals surface area contributed by atoms with Crippen LogP contribution in [0.15, 0.2) is 34.3 Å². The number of thioether (sulfide) groups is 1. The van der Waals surface area contributed by atoms with Crippen molar-refractivity contribution in [3.8, 4) is 0 Å². The molecule has 1 aliphatic rings. The summed E-state index contributed by atoms with van der Waals surface area (Å²) in [5, 5.41) is 11.7. The number of carbonyl (C=O) groups excluding carboxylic acids is 1. The number of nitrogens with zero attached hydrogens (tertiary/aromatic N) is 3. The number of anilines is 1. The Hall–Kier alpha value is -1.87. The van der Waals surface area contributed by atoms with E-state index in [0.717, 1.165) is 24.9 Å². The highest BCUT2D eigenvalue weighted by Crippen LogP contribution is 2.39. The predicted octanol–water partition coefficient (Wildman–Crippen LogP) is 1.83. The number of benzene rings is 1. The van der Waals surface area contributed by atoms with Crippen LogP contribution in [-0.4, -0.2) is 41.1 Å². The zero-order valence-corrected chi connectivity index (χ0v) is 15.0. The molecule has 2 aromatic rings. The van der Waals surface area contributed by atoms with Gasteiger partial charge in [-0.3, -0.25) is 4.79 Å². The Bertz CT molecular complexity index is 873. The lowest BCUT2D eigenvalue weighted by Crippen LogP contribution is -2.15. The van der Waals surface area contributed by atoms with E-state index in [4.69, 9.17) is 0 Å². The highest BCUT2D eigenvalue weighted by atomic mass is 32.2. The van der Waals surface area contributed by atoms with Crippen molar-refractivity contribution in [2.45, 2.75) is 28.8 Å². The van der Waals surface area contributed by atoms with Crippen LogP contribution >= 0.6 is 11.8 Å².